The minimum atomic E-state index is -0.848. The number of nitrogens with one attached hydrogen (secondary N) is 1. The maximum atomic E-state index is 11.7. The largest absolute Gasteiger partial charge is 0.514 e. The first-order valence-corrected chi connectivity index (χ1v) is 6.63. The van der Waals surface area contributed by atoms with Crippen LogP contribution in [-0.2, 0) is 4.74 Å². The predicted octanol–water partition coefficient (Wildman–Crippen LogP) is 3.00. The number of hydrogen-bond acceptors (Lipinski definition) is 5. The van der Waals surface area contributed by atoms with Crippen LogP contribution >= 0.6 is 15.9 Å². The van der Waals surface area contributed by atoms with E-state index in [-0.39, 0.29) is 11.3 Å². The second-order valence-electron chi connectivity index (χ2n) is 5.10. The van der Waals surface area contributed by atoms with Crippen molar-refractivity contribution < 1.29 is 14.3 Å². The Hall–Kier alpha value is -1.89. The van der Waals surface area contributed by atoms with E-state index in [1.807, 2.05) is 0 Å². The first kappa shape index (κ1) is 14.5. The Bertz CT molecular complexity index is 718. The monoisotopic (exact) mass is 340 g/mol. The zero-order valence-electron chi connectivity index (χ0n) is 11.2. The molecular weight excluding hydrogens is 328 g/mol. The minimum absolute atomic E-state index is 0.162. The molecule has 0 aliphatic heterocycles. The third kappa shape index (κ3) is 3.36. The molecule has 0 saturated heterocycles. The fraction of sp³-hybridized carbons (Fsp3) is 0.308. The highest BCUT2D eigenvalue weighted by molar-refractivity contribution is 9.10. The fourth-order valence-electron chi connectivity index (χ4n) is 1.55. The van der Waals surface area contributed by atoms with Crippen LogP contribution in [0.25, 0.3) is 10.9 Å². The molecule has 0 atom stereocenters. The van der Waals surface area contributed by atoms with Crippen LogP contribution in [0.15, 0.2) is 27.7 Å². The standard InChI is InChI=1S/C13H13BrN2O4/c1-13(2,3)20-12(18)19-9-5-7(14)4-8-10(9)15-6-16-11(8)17/h4-6H,1-3H3,(H,15,16,17). The van der Waals surface area contributed by atoms with Crippen molar-refractivity contribution >= 4 is 33.0 Å². The summed E-state index contributed by atoms with van der Waals surface area (Å²) in [6.45, 7) is 5.20. The maximum Gasteiger partial charge on any atom is 0.514 e. The van der Waals surface area contributed by atoms with E-state index < -0.39 is 11.8 Å². The Labute approximate surface area is 123 Å². The molecule has 7 heteroatoms. The van der Waals surface area contributed by atoms with E-state index in [1.54, 1.807) is 32.9 Å². The molecule has 0 radical (unpaired) electrons. The molecule has 0 fully saturated rings. The molecule has 0 saturated carbocycles. The zero-order valence-corrected chi connectivity index (χ0v) is 12.8. The average molecular weight is 341 g/mol. The highest BCUT2D eigenvalue weighted by Gasteiger charge is 2.20. The quantitative estimate of drug-likeness (QED) is 0.637. The van der Waals surface area contributed by atoms with Gasteiger partial charge in [-0.15, -0.1) is 0 Å². The average Bonchev–Trinajstić information content (AvgIpc) is 2.28. The smallest absolute Gasteiger partial charge is 0.428 e. The van der Waals surface area contributed by atoms with Crippen molar-refractivity contribution in [2.75, 3.05) is 0 Å². The second-order valence-corrected chi connectivity index (χ2v) is 6.01. The Kier molecular flexibility index (Phi) is 3.80. The van der Waals surface area contributed by atoms with Gasteiger partial charge in [0.15, 0.2) is 5.75 Å². The molecule has 1 aromatic carbocycles. The van der Waals surface area contributed by atoms with E-state index in [4.69, 9.17) is 9.47 Å². The minimum Gasteiger partial charge on any atom is -0.428 e. The molecule has 1 aromatic heterocycles. The fourth-order valence-corrected chi connectivity index (χ4v) is 1.99. The molecule has 1 heterocycles. The Morgan fingerprint density at radius 1 is 1.35 bits per heavy atom. The van der Waals surface area contributed by atoms with Gasteiger partial charge in [0.25, 0.3) is 5.56 Å². The third-order valence-electron chi connectivity index (χ3n) is 2.26. The van der Waals surface area contributed by atoms with Crippen LogP contribution in [0.1, 0.15) is 20.8 Å². The molecule has 20 heavy (non-hydrogen) atoms. The summed E-state index contributed by atoms with van der Waals surface area (Å²) < 4.78 is 10.8. The number of aromatic amines is 1. The summed E-state index contributed by atoms with van der Waals surface area (Å²) in [7, 11) is 0. The topological polar surface area (TPSA) is 81.3 Å². The van der Waals surface area contributed by atoms with E-state index in [9.17, 15) is 9.59 Å². The second kappa shape index (κ2) is 5.24. The van der Waals surface area contributed by atoms with Crippen molar-refractivity contribution in [3.63, 3.8) is 0 Å². The summed E-state index contributed by atoms with van der Waals surface area (Å²) in [6.07, 6.45) is 0.402. The van der Waals surface area contributed by atoms with Crippen molar-refractivity contribution in [2.45, 2.75) is 26.4 Å². The summed E-state index contributed by atoms with van der Waals surface area (Å²) >= 11 is 3.26. The highest BCUT2D eigenvalue weighted by atomic mass is 79.9. The molecular formula is C13H13BrN2O4. The van der Waals surface area contributed by atoms with Gasteiger partial charge >= 0.3 is 6.16 Å². The summed E-state index contributed by atoms with van der Waals surface area (Å²) in [5.41, 5.74) is -0.683. The van der Waals surface area contributed by atoms with Gasteiger partial charge in [-0.05, 0) is 32.9 Å². The molecule has 6 nitrogen and oxygen atoms in total. The first-order chi connectivity index (χ1) is 9.26. The van der Waals surface area contributed by atoms with Crippen LogP contribution in [0, 0.1) is 0 Å². The van der Waals surface area contributed by atoms with E-state index in [2.05, 4.69) is 25.9 Å². The van der Waals surface area contributed by atoms with Crippen molar-refractivity contribution in [2.24, 2.45) is 0 Å². The summed E-state index contributed by atoms with van der Waals surface area (Å²) in [5, 5.41) is 0.320. The lowest BCUT2D eigenvalue weighted by atomic mass is 10.2. The van der Waals surface area contributed by atoms with Gasteiger partial charge < -0.3 is 14.5 Å². The summed E-state index contributed by atoms with van der Waals surface area (Å²) in [6, 6.07) is 3.15. The van der Waals surface area contributed by atoms with E-state index >= 15 is 0 Å². The van der Waals surface area contributed by atoms with Gasteiger partial charge in [-0.1, -0.05) is 15.9 Å². The Morgan fingerprint density at radius 3 is 2.70 bits per heavy atom. The number of aromatic nitrogens is 2. The van der Waals surface area contributed by atoms with E-state index in [0.717, 1.165) is 0 Å². The molecule has 2 aromatic rings. The van der Waals surface area contributed by atoms with E-state index in [1.165, 1.54) is 6.33 Å². The number of carbonyl (C=O) groups excluding carboxylic acids is 1. The Morgan fingerprint density at radius 2 is 2.05 bits per heavy atom. The van der Waals surface area contributed by atoms with Crippen LogP contribution in [0.2, 0.25) is 0 Å². The third-order valence-corrected chi connectivity index (χ3v) is 2.71. The van der Waals surface area contributed by atoms with Crippen LogP contribution < -0.4 is 10.3 Å². The lowest BCUT2D eigenvalue weighted by Gasteiger charge is -2.18. The number of benzene rings is 1. The number of rotatable bonds is 1. The molecule has 0 unspecified atom stereocenters. The molecule has 106 valence electrons. The van der Waals surface area contributed by atoms with Crippen LogP contribution in [-0.4, -0.2) is 21.7 Å². The van der Waals surface area contributed by atoms with Crippen molar-refractivity contribution in [1.82, 2.24) is 9.97 Å². The number of carbonyl (C=O) groups is 1. The number of H-pyrrole nitrogens is 1. The highest BCUT2D eigenvalue weighted by Crippen LogP contribution is 2.27. The summed E-state index contributed by atoms with van der Waals surface area (Å²) in [5.74, 6) is 0.162. The van der Waals surface area contributed by atoms with Crippen molar-refractivity contribution in [3.05, 3.63) is 33.3 Å². The maximum absolute atomic E-state index is 11.7. The zero-order chi connectivity index (χ0) is 14.9. The lowest BCUT2D eigenvalue weighted by Crippen LogP contribution is -2.26. The Balaban J connectivity index is 2.42. The number of halogens is 1. The SMILES string of the molecule is CC(C)(C)OC(=O)Oc1cc(Br)cc2c(=O)[nH]cnc12. The van der Waals surface area contributed by atoms with Crippen LogP contribution in [0.3, 0.4) is 0 Å². The molecule has 0 aliphatic carbocycles. The van der Waals surface area contributed by atoms with Crippen LogP contribution in [0.5, 0.6) is 5.75 Å². The van der Waals surface area contributed by atoms with Gasteiger partial charge in [0.05, 0.1) is 11.7 Å². The van der Waals surface area contributed by atoms with Gasteiger partial charge in [0.1, 0.15) is 11.1 Å². The van der Waals surface area contributed by atoms with Crippen LogP contribution in [0.4, 0.5) is 4.79 Å². The number of ether oxygens (including phenoxy) is 2. The van der Waals surface area contributed by atoms with E-state index in [0.29, 0.717) is 15.4 Å². The lowest BCUT2D eigenvalue weighted by molar-refractivity contribution is 0.0209. The summed E-state index contributed by atoms with van der Waals surface area (Å²) in [4.78, 5) is 29.9. The molecule has 0 spiro atoms. The first-order valence-electron chi connectivity index (χ1n) is 5.84. The van der Waals surface area contributed by atoms with Crippen molar-refractivity contribution in [3.8, 4) is 5.75 Å². The molecule has 2 rings (SSSR count). The number of fused-ring (bicyclic) bond motifs is 1. The van der Waals surface area contributed by atoms with Crippen molar-refractivity contribution in [1.29, 1.82) is 0 Å². The molecule has 0 bridgehead atoms. The molecule has 0 aliphatic rings. The molecule has 1 N–H and O–H groups in total. The number of hydrogen-bond donors (Lipinski definition) is 1. The van der Waals surface area contributed by atoms with Gasteiger partial charge in [-0.25, -0.2) is 9.78 Å². The predicted molar refractivity (Wildman–Crippen MR) is 76.9 cm³/mol. The van der Waals surface area contributed by atoms with Gasteiger partial charge in [0.2, 0.25) is 0 Å². The number of nitrogens with zero attached hydrogens (tertiary/aromatic N) is 1. The van der Waals surface area contributed by atoms with Gasteiger partial charge in [-0.3, -0.25) is 4.79 Å². The normalized spacial score (nSPS) is 11.4. The van der Waals surface area contributed by atoms with Gasteiger partial charge in [0, 0.05) is 4.47 Å². The van der Waals surface area contributed by atoms with Gasteiger partial charge in [-0.2, -0.15) is 0 Å². The molecule has 0 amide bonds.